The summed E-state index contributed by atoms with van der Waals surface area (Å²) in [5, 5.41) is 7.33. The predicted octanol–water partition coefficient (Wildman–Crippen LogP) is 7.52. The number of anilines is 2. The van der Waals surface area contributed by atoms with Crippen LogP contribution in [0.15, 0.2) is 95.9 Å². The Morgan fingerprint density at radius 1 is 1.02 bits per heavy atom. The van der Waals surface area contributed by atoms with Crippen molar-refractivity contribution in [3.05, 3.63) is 112 Å². The van der Waals surface area contributed by atoms with Crippen LogP contribution in [0, 0.1) is 5.82 Å². The summed E-state index contributed by atoms with van der Waals surface area (Å²) in [7, 11) is -1.60. The van der Waals surface area contributed by atoms with Crippen LogP contribution in [0.25, 0.3) is 22.3 Å². The smallest absolute Gasteiger partial charge is 0.196 e. The van der Waals surface area contributed by atoms with E-state index in [0.717, 1.165) is 16.8 Å². The molecule has 0 saturated carbocycles. The molecule has 1 N–H and O–H groups in total. The molecule has 0 fully saturated rings. The fourth-order valence-corrected chi connectivity index (χ4v) is 7.65. The van der Waals surface area contributed by atoms with Crippen LogP contribution in [0.4, 0.5) is 15.9 Å². The standard InChI is InChI=1S/C34H31ClFN7O3S2/c1-3-30(43(2)13-14-48(44,45)32-9-4-5-12-37-32)34-42-29(20-47-34)27-17-25-28(18-38-27)39-21-40-33(25)41-24-10-11-31(26(35)16-24)46-19-22-7-6-8-23(36)15-22/h4-12,15-18,20-21,30H,3,13-14,19H2,1-2H3,(H,39,40,41). The van der Waals surface area contributed by atoms with Gasteiger partial charge in [-0.05, 0) is 67.6 Å². The Labute approximate surface area is 286 Å². The molecule has 0 aliphatic rings. The van der Waals surface area contributed by atoms with E-state index in [2.05, 4.69) is 25.3 Å². The number of halogens is 2. The van der Waals surface area contributed by atoms with E-state index in [1.807, 2.05) is 36.4 Å². The molecular weight excluding hydrogens is 673 g/mol. The number of sulfone groups is 1. The van der Waals surface area contributed by atoms with Gasteiger partial charge in [-0.1, -0.05) is 36.7 Å². The molecule has 0 bridgehead atoms. The molecule has 0 aliphatic heterocycles. The zero-order chi connectivity index (χ0) is 33.7. The number of rotatable bonds is 13. The van der Waals surface area contributed by atoms with E-state index in [1.54, 1.807) is 42.6 Å². The Bertz CT molecular complexity index is 2150. The van der Waals surface area contributed by atoms with Gasteiger partial charge in [0.25, 0.3) is 0 Å². The van der Waals surface area contributed by atoms with E-state index in [9.17, 15) is 12.8 Å². The first-order chi connectivity index (χ1) is 23.2. The van der Waals surface area contributed by atoms with Gasteiger partial charge in [0.15, 0.2) is 14.9 Å². The molecule has 0 aliphatic carbocycles. The maximum absolute atomic E-state index is 13.5. The Hall–Kier alpha value is -4.56. The minimum Gasteiger partial charge on any atom is -0.487 e. The van der Waals surface area contributed by atoms with Gasteiger partial charge in [-0.3, -0.25) is 9.88 Å². The van der Waals surface area contributed by atoms with Crippen LogP contribution >= 0.6 is 22.9 Å². The molecule has 48 heavy (non-hydrogen) atoms. The lowest BCUT2D eigenvalue weighted by molar-refractivity contribution is 0.251. The normalized spacial score (nSPS) is 12.4. The van der Waals surface area contributed by atoms with Crippen LogP contribution in [0.3, 0.4) is 0 Å². The van der Waals surface area contributed by atoms with Crippen molar-refractivity contribution in [1.82, 2.24) is 29.8 Å². The lowest BCUT2D eigenvalue weighted by atomic mass is 10.2. The molecular formula is C34H31ClFN7O3S2. The van der Waals surface area contributed by atoms with E-state index in [1.165, 1.54) is 42.1 Å². The van der Waals surface area contributed by atoms with Crippen molar-refractivity contribution in [2.24, 2.45) is 0 Å². The summed E-state index contributed by atoms with van der Waals surface area (Å²) in [6, 6.07) is 18.2. The van der Waals surface area contributed by atoms with Crippen molar-refractivity contribution in [3.63, 3.8) is 0 Å². The topological polar surface area (TPSA) is 123 Å². The van der Waals surface area contributed by atoms with Crippen molar-refractivity contribution < 1.29 is 17.5 Å². The lowest BCUT2D eigenvalue weighted by Crippen LogP contribution is -2.29. The van der Waals surface area contributed by atoms with Gasteiger partial charge < -0.3 is 10.1 Å². The minimum absolute atomic E-state index is 0.0485. The summed E-state index contributed by atoms with van der Waals surface area (Å²) in [6.45, 7) is 2.56. The molecule has 4 heterocycles. The summed E-state index contributed by atoms with van der Waals surface area (Å²) in [6.07, 6.45) is 5.37. The molecule has 1 atom stereocenters. The molecule has 10 nitrogen and oxygen atoms in total. The van der Waals surface area contributed by atoms with Crippen molar-refractivity contribution in [3.8, 4) is 17.1 Å². The van der Waals surface area contributed by atoms with Crippen LogP contribution in [-0.2, 0) is 16.4 Å². The summed E-state index contributed by atoms with van der Waals surface area (Å²) in [5.41, 5.74) is 3.38. The molecule has 6 rings (SSSR count). The second-order valence-corrected chi connectivity index (χ2v) is 14.3. The van der Waals surface area contributed by atoms with E-state index in [4.69, 9.17) is 21.3 Å². The number of aromatic nitrogens is 5. The number of fused-ring (bicyclic) bond motifs is 1. The average molecular weight is 704 g/mol. The number of pyridine rings is 2. The van der Waals surface area contributed by atoms with Gasteiger partial charge >= 0.3 is 0 Å². The SMILES string of the molecule is CCC(c1nc(-c2cc3c(Nc4ccc(OCc5cccc(F)c5)c(Cl)c4)ncnc3cn2)cs1)N(C)CCS(=O)(=O)c1ccccn1. The summed E-state index contributed by atoms with van der Waals surface area (Å²) in [5.74, 6) is 0.653. The van der Waals surface area contributed by atoms with Crippen molar-refractivity contribution in [2.45, 2.75) is 31.0 Å². The fraction of sp³-hybridized carbons (Fsp3) is 0.206. The van der Waals surface area contributed by atoms with Gasteiger partial charge in [-0.25, -0.2) is 32.7 Å². The largest absolute Gasteiger partial charge is 0.487 e. The highest BCUT2D eigenvalue weighted by molar-refractivity contribution is 7.91. The zero-order valence-electron chi connectivity index (χ0n) is 26.0. The first-order valence-electron chi connectivity index (χ1n) is 15.0. The summed E-state index contributed by atoms with van der Waals surface area (Å²) < 4.78 is 44.9. The molecule has 14 heteroatoms. The van der Waals surface area contributed by atoms with Crippen LogP contribution in [0.1, 0.15) is 30.0 Å². The Morgan fingerprint density at radius 3 is 2.67 bits per heavy atom. The first kappa shape index (κ1) is 33.3. The number of thiazole rings is 1. The maximum atomic E-state index is 13.5. The highest BCUT2D eigenvalue weighted by Crippen LogP contribution is 2.33. The van der Waals surface area contributed by atoms with Gasteiger partial charge in [0.1, 0.15) is 35.3 Å². The zero-order valence-corrected chi connectivity index (χ0v) is 28.4. The van der Waals surface area contributed by atoms with Crippen LogP contribution in [0.5, 0.6) is 5.75 Å². The van der Waals surface area contributed by atoms with E-state index >= 15 is 0 Å². The summed E-state index contributed by atoms with van der Waals surface area (Å²) in [4.78, 5) is 24.4. The van der Waals surface area contributed by atoms with Gasteiger partial charge in [0, 0.05) is 29.2 Å². The van der Waals surface area contributed by atoms with Crippen LogP contribution in [-0.4, -0.2) is 57.6 Å². The fourth-order valence-electron chi connectivity index (χ4n) is 5.11. The number of nitrogens with zero attached hydrogens (tertiary/aromatic N) is 6. The van der Waals surface area contributed by atoms with Gasteiger partial charge in [-0.15, -0.1) is 11.3 Å². The molecule has 0 saturated heterocycles. The third-order valence-electron chi connectivity index (χ3n) is 7.66. The number of nitrogens with one attached hydrogen (secondary N) is 1. The monoisotopic (exact) mass is 703 g/mol. The van der Waals surface area contributed by atoms with Crippen molar-refractivity contribution in [2.75, 3.05) is 24.7 Å². The van der Waals surface area contributed by atoms with Crippen LogP contribution < -0.4 is 10.1 Å². The second-order valence-electron chi connectivity index (χ2n) is 11.0. The quantitative estimate of drug-likeness (QED) is 0.129. The molecule has 1 unspecified atom stereocenters. The first-order valence-corrected chi connectivity index (χ1v) is 18.0. The lowest BCUT2D eigenvalue weighted by Gasteiger charge is -2.25. The number of hydrogen-bond acceptors (Lipinski definition) is 11. The Kier molecular flexibility index (Phi) is 10.2. The van der Waals surface area contributed by atoms with Crippen LogP contribution in [0.2, 0.25) is 5.02 Å². The molecule has 0 radical (unpaired) electrons. The Balaban J connectivity index is 1.16. The van der Waals surface area contributed by atoms with Gasteiger partial charge in [0.2, 0.25) is 0 Å². The van der Waals surface area contributed by atoms with E-state index < -0.39 is 9.84 Å². The molecule has 4 aromatic heterocycles. The van der Waals surface area contributed by atoms with Gasteiger partial charge in [-0.2, -0.15) is 0 Å². The predicted molar refractivity (Wildman–Crippen MR) is 186 cm³/mol. The van der Waals surface area contributed by atoms with Gasteiger partial charge in [0.05, 0.1) is 39.9 Å². The average Bonchev–Trinajstić information content (AvgIpc) is 3.58. The minimum atomic E-state index is -3.51. The highest BCUT2D eigenvalue weighted by atomic mass is 35.5. The van der Waals surface area contributed by atoms with Crippen molar-refractivity contribution in [1.29, 1.82) is 0 Å². The molecule has 246 valence electrons. The van der Waals surface area contributed by atoms with Crippen molar-refractivity contribution >= 4 is 55.2 Å². The molecule has 2 aromatic carbocycles. The molecule has 0 amide bonds. The molecule has 0 spiro atoms. The molecule has 6 aromatic rings. The number of benzene rings is 2. The third kappa shape index (κ3) is 7.76. The second kappa shape index (κ2) is 14.7. The third-order valence-corrected chi connectivity index (χ3v) is 10.5. The van der Waals surface area contributed by atoms with E-state index in [-0.39, 0.29) is 29.2 Å². The number of ether oxygens (including phenoxy) is 1. The maximum Gasteiger partial charge on any atom is 0.196 e. The number of hydrogen-bond donors (Lipinski definition) is 1. The highest BCUT2D eigenvalue weighted by Gasteiger charge is 2.23. The van der Waals surface area contributed by atoms with E-state index in [0.29, 0.717) is 51.3 Å². The Morgan fingerprint density at radius 2 is 1.90 bits per heavy atom. The summed E-state index contributed by atoms with van der Waals surface area (Å²) >= 11 is 8.03.